The first-order valence-electron chi connectivity index (χ1n) is 6.83. The number of hydrogen-bond acceptors (Lipinski definition) is 2. The van der Waals surface area contributed by atoms with Gasteiger partial charge in [-0.2, -0.15) is 0 Å². The summed E-state index contributed by atoms with van der Waals surface area (Å²) in [6.45, 7) is 3.87. The van der Waals surface area contributed by atoms with Crippen molar-refractivity contribution in [2.45, 2.75) is 26.7 Å². The molecule has 2 N–H and O–H groups in total. The maximum absolute atomic E-state index is 12.4. The van der Waals surface area contributed by atoms with Gasteiger partial charge in [-0.3, -0.25) is 9.59 Å². The highest BCUT2D eigenvalue weighted by molar-refractivity contribution is 6.33. The van der Waals surface area contributed by atoms with Gasteiger partial charge in [-0.05, 0) is 38.8 Å². The van der Waals surface area contributed by atoms with Crippen LogP contribution in [0.2, 0.25) is 5.02 Å². The number of carboxylic acid groups (broad SMARTS) is 1. The fourth-order valence-corrected chi connectivity index (χ4v) is 2.80. The van der Waals surface area contributed by atoms with Crippen LogP contribution in [0, 0.1) is 11.8 Å². The average Bonchev–Trinajstić information content (AvgIpc) is 2.43. The average molecular weight is 308 g/mol. The van der Waals surface area contributed by atoms with E-state index in [-0.39, 0.29) is 5.91 Å². The number of aliphatic carboxylic acids is 1. The zero-order chi connectivity index (χ0) is 15.6. The Balaban J connectivity index is 2.21. The summed E-state index contributed by atoms with van der Waals surface area (Å²) in [7, 11) is 0. The molecule has 21 heavy (non-hydrogen) atoms. The summed E-state index contributed by atoms with van der Waals surface area (Å²) in [4.78, 5) is 23.8. The van der Waals surface area contributed by atoms with Gasteiger partial charge in [0.2, 0.25) is 5.91 Å². The summed E-state index contributed by atoms with van der Waals surface area (Å²) in [6.07, 6.45) is 0.890. The molecular weight excluding hydrogens is 290 g/mol. The molecule has 2 rings (SSSR count). The van der Waals surface area contributed by atoms with Gasteiger partial charge in [-0.1, -0.05) is 34.9 Å². The molecule has 0 aliphatic heterocycles. The summed E-state index contributed by atoms with van der Waals surface area (Å²) in [5.41, 5.74) is 2.66. The number of benzene rings is 1. The van der Waals surface area contributed by atoms with Gasteiger partial charge in [0.05, 0.1) is 22.5 Å². The first-order valence-corrected chi connectivity index (χ1v) is 7.21. The van der Waals surface area contributed by atoms with Gasteiger partial charge in [0.25, 0.3) is 0 Å². The van der Waals surface area contributed by atoms with E-state index in [2.05, 4.69) is 5.32 Å². The summed E-state index contributed by atoms with van der Waals surface area (Å²) < 4.78 is 0. The van der Waals surface area contributed by atoms with Gasteiger partial charge in [0, 0.05) is 0 Å². The van der Waals surface area contributed by atoms with Crippen molar-refractivity contribution in [2.75, 3.05) is 5.32 Å². The van der Waals surface area contributed by atoms with Gasteiger partial charge in [-0.15, -0.1) is 0 Å². The topological polar surface area (TPSA) is 66.4 Å². The fourth-order valence-electron chi connectivity index (χ4n) is 2.62. The monoisotopic (exact) mass is 307 g/mol. The minimum atomic E-state index is -0.929. The van der Waals surface area contributed by atoms with Crippen molar-refractivity contribution in [3.8, 4) is 0 Å². The van der Waals surface area contributed by atoms with Crippen LogP contribution in [0.1, 0.15) is 26.7 Å². The first kappa shape index (κ1) is 15.6. The van der Waals surface area contributed by atoms with Gasteiger partial charge in [-0.25, -0.2) is 0 Å². The number of hydrogen-bond donors (Lipinski definition) is 2. The third-order valence-electron chi connectivity index (χ3n) is 4.05. The molecule has 0 unspecified atom stereocenters. The molecule has 1 aliphatic carbocycles. The zero-order valence-electron chi connectivity index (χ0n) is 12.0. The third-order valence-corrected chi connectivity index (χ3v) is 4.38. The lowest BCUT2D eigenvalue weighted by Crippen LogP contribution is -2.36. The Morgan fingerprint density at radius 3 is 2.29 bits per heavy atom. The zero-order valence-corrected chi connectivity index (χ0v) is 12.8. The lowest BCUT2D eigenvalue weighted by molar-refractivity contribution is -0.146. The Hall–Kier alpha value is -1.81. The number of rotatable bonds is 3. The van der Waals surface area contributed by atoms with Crippen molar-refractivity contribution in [2.24, 2.45) is 11.8 Å². The lowest BCUT2D eigenvalue weighted by atomic mass is 9.76. The maximum atomic E-state index is 12.4. The molecule has 1 aliphatic rings. The van der Waals surface area contributed by atoms with Gasteiger partial charge < -0.3 is 10.4 Å². The lowest BCUT2D eigenvalue weighted by Gasteiger charge is -2.29. The maximum Gasteiger partial charge on any atom is 0.307 e. The van der Waals surface area contributed by atoms with Crippen molar-refractivity contribution in [1.82, 2.24) is 0 Å². The molecule has 1 amide bonds. The predicted molar refractivity (Wildman–Crippen MR) is 82.3 cm³/mol. The second-order valence-corrected chi connectivity index (χ2v) is 5.90. The van der Waals surface area contributed by atoms with Gasteiger partial charge in [0.1, 0.15) is 0 Å². The van der Waals surface area contributed by atoms with E-state index in [1.165, 1.54) is 0 Å². The largest absolute Gasteiger partial charge is 0.481 e. The van der Waals surface area contributed by atoms with Crippen LogP contribution in [-0.4, -0.2) is 17.0 Å². The molecule has 5 heteroatoms. The van der Waals surface area contributed by atoms with Crippen LogP contribution in [0.25, 0.3) is 0 Å². The van der Waals surface area contributed by atoms with Gasteiger partial charge in [0.15, 0.2) is 0 Å². The van der Waals surface area contributed by atoms with Crippen molar-refractivity contribution in [3.63, 3.8) is 0 Å². The van der Waals surface area contributed by atoms with Crippen LogP contribution in [-0.2, 0) is 9.59 Å². The van der Waals surface area contributed by atoms with Crippen molar-refractivity contribution in [1.29, 1.82) is 0 Å². The Morgan fingerprint density at radius 1 is 1.14 bits per heavy atom. The Bertz CT molecular complexity index is 609. The Labute approximate surface area is 128 Å². The molecule has 4 nitrogen and oxygen atoms in total. The molecule has 0 spiro atoms. The highest BCUT2D eigenvalue weighted by Crippen LogP contribution is 2.35. The molecule has 0 fully saturated rings. The molecular formula is C16H18ClNO3. The Morgan fingerprint density at radius 2 is 1.71 bits per heavy atom. The normalized spacial score (nSPS) is 22.0. The molecule has 1 aromatic rings. The summed E-state index contributed by atoms with van der Waals surface area (Å²) in [5.74, 6) is -2.47. The quantitative estimate of drug-likeness (QED) is 0.836. The number of para-hydroxylation sites is 1. The number of nitrogens with one attached hydrogen (secondary N) is 1. The number of anilines is 1. The molecule has 0 radical (unpaired) electrons. The van der Waals surface area contributed by atoms with Crippen molar-refractivity contribution >= 4 is 29.2 Å². The highest BCUT2D eigenvalue weighted by atomic mass is 35.5. The van der Waals surface area contributed by atoms with E-state index in [4.69, 9.17) is 11.6 Å². The van der Waals surface area contributed by atoms with E-state index in [0.717, 1.165) is 11.1 Å². The number of carboxylic acids is 1. The first-order chi connectivity index (χ1) is 9.90. The molecule has 2 atom stereocenters. The number of allylic oxidation sites excluding steroid dienone is 2. The van der Waals surface area contributed by atoms with Crippen LogP contribution in [0.3, 0.4) is 0 Å². The summed E-state index contributed by atoms with van der Waals surface area (Å²) in [6, 6.07) is 6.93. The minimum absolute atomic E-state index is 0.289. The molecule has 0 heterocycles. The SMILES string of the molecule is CC1=C(C)C[C@H](C(=O)Nc2ccccc2Cl)[C@@H](C(=O)O)C1. The van der Waals surface area contributed by atoms with Crippen LogP contribution < -0.4 is 5.32 Å². The minimum Gasteiger partial charge on any atom is -0.481 e. The third kappa shape index (κ3) is 3.45. The standard InChI is InChI=1S/C16H18ClNO3/c1-9-7-11(12(16(20)21)8-10(9)2)15(19)18-14-6-4-3-5-13(14)17/h3-6,11-12H,7-8H2,1-2H3,(H,18,19)(H,20,21)/t11-,12-/m0/s1. The van der Waals surface area contributed by atoms with E-state index in [9.17, 15) is 14.7 Å². The molecule has 0 aromatic heterocycles. The molecule has 0 saturated carbocycles. The van der Waals surface area contributed by atoms with Crippen molar-refractivity contribution in [3.05, 3.63) is 40.4 Å². The highest BCUT2D eigenvalue weighted by Gasteiger charge is 2.37. The predicted octanol–water partition coefficient (Wildman–Crippen LogP) is 3.73. The van der Waals surface area contributed by atoms with Crippen molar-refractivity contribution < 1.29 is 14.7 Å². The van der Waals surface area contributed by atoms with Crippen LogP contribution >= 0.6 is 11.6 Å². The molecule has 0 saturated heterocycles. The number of halogens is 1. The van der Waals surface area contributed by atoms with E-state index >= 15 is 0 Å². The molecule has 0 bridgehead atoms. The van der Waals surface area contributed by atoms with Crippen LogP contribution in [0.15, 0.2) is 35.4 Å². The van der Waals surface area contributed by atoms with E-state index in [1.807, 2.05) is 13.8 Å². The van der Waals surface area contributed by atoms with Crippen LogP contribution in [0.4, 0.5) is 5.69 Å². The molecule has 1 aromatic carbocycles. The second kappa shape index (κ2) is 6.31. The van der Waals surface area contributed by atoms with E-state index < -0.39 is 17.8 Å². The fraction of sp³-hybridized carbons (Fsp3) is 0.375. The van der Waals surface area contributed by atoms with E-state index in [0.29, 0.717) is 23.6 Å². The molecule has 112 valence electrons. The summed E-state index contributed by atoms with van der Waals surface area (Å²) in [5, 5.41) is 12.5. The summed E-state index contributed by atoms with van der Waals surface area (Å²) >= 11 is 6.02. The number of carbonyl (C=O) groups excluding carboxylic acids is 1. The number of carbonyl (C=O) groups is 2. The number of amides is 1. The smallest absolute Gasteiger partial charge is 0.307 e. The Kier molecular flexibility index (Phi) is 4.68. The second-order valence-electron chi connectivity index (χ2n) is 5.49. The van der Waals surface area contributed by atoms with Gasteiger partial charge >= 0.3 is 5.97 Å². The van der Waals surface area contributed by atoms with Crippen LogP contribution in [0.5, 0.6) is 0 Å². The van der Waals surface area contributed by atoms with E-state index in [1.54, 1.807) is 24.3 Å².